The molecular weight excluding hydrogens is 456 g/mol. The average Bonchev–Trinajstić information content (AvgIpc) is 2.65. The van der Waals surface area contributed by atoms with E-state index in [0.717, 1.165) is 4.47 Å². The van der Waals surface area contributed by atoms with E-state index in [2.05, 4.69) is 25.9 Å². The van der Waals surface area contributed by atoms with Gasteiger partial charge in [-0.3, -0.25) is 24.4 Å². The largest absolute Gasteiger partial charge is 0.494 e. The Bertz CT molecular complexity index is 1230. The summed E-state index contributed by atoms with van der Waals surface area (Å²) in [5.41, 5.74) is 0.634. The third-order valence-electron chi connectivity index (χ3n) is 4.01. The molecule has 0 spiro atoms. The van der Waals surface area contributed by atoms with Crippen molar-refractivity contribution in [2.75, 3.05) is 0 Å². The molecule has 9 heteroatoms. The van der Waals surface area contributed by atoms with Crippen LogP contribution in [0.2, 0.25) is 0 Å². The van der Waals surface area contributed by atoms with Gasteiger partial charge in [0, 0.05) is 35.3 Å². The van der Waals surface area contributed by atoms with Crippen LogP contribution in [0.4, 0.5) is 0 Å². The summed E-state index contributed by atoms with van der Waals surface area (Å²) in [5.74, 6) is -1.16. The molecule has 1 aromatic heterocycles. The highest BCUT2D eigenvalue weighted by Gasteiger charge is 2.12. The molecule has 0 bridgehead atoms. The molecule has 0 fully saturated rings. The molecule has 8 nitrogen and oxygen atoms in total. The predicted molar refractivity (Wildman–Crippen MR) is 114 cm³/mol. The number of ether oxygens (including phenoxy) is 2. The molecule has 3 rings (SSSR count). The second-order valence-electron chi connectivity index (χ2n) is 6.34. The first-order valence-electron chi connectivity index (χ1n) is 8.78. The number of carbonyl (C=O) groups excluding carboxylic acids is 2. The van der Waals surface area contributed by atoms with E-state index >= 15 is 0 Å². The number of halogens is 1. The molecule has 0 atom stereocenters. The molecule has 3 aromatic rings. The number of aromatic nitrogens is 1. The van der Waals surface area contributed by atoms with Crippen LogP contribution in [0, 0.1) is 0 Å². The van der Waals surface area contributed by atoms with Crippen LogP contribution >= 0.6 is 15.9 Å². The SMILES string of the molecule is CC(=O)Oc1ccc(CN=Cc2c(O)[nH]c(=O)c3ccc(Br)cc23)cc1OC(C)=O. The molecule has 2 aromatic carbocycles. The third kappa shape index (κ3) is 4.93. The zero-order chi connectivity index (χ0) is 21.8. The fourth-order valence-electron chi connectivity index (χ4n) is 2.80. The molecular formula is C21H17BrN2O6. The van der Waals surface area contributed by atoms with Crippen molar-refractivity contribution in [1.29, 1.82) is 0 Å². The van der Waals surface area contributed by atoms with Gasteiger partial charge in [0.2, 0.25) is 5.88 Å². The Morgan fingerprint density at radius 2 is 1.77 bits per heavy atom. The molecule has 0 radical (unpaired) electrons. The number of nitrogens with zero attached hydrogens (tertiary/aromatic N) is 1. The minimum absolute atomic E-state index is 0.103. The second-order valence-corrected chi connectivity index (χ2v) is 7.26. The number of carbonyl (C=O) groups is 2. The summed E-state index contributed by atoms with van der Waals surface area (Å²) in [7, 11) is 0. The van der Waals surface area contributed by atoms with Crippen molar-refractivity contribution in [3.63, 3.8) is 0 Å². The molecule has 0 amide bonds. The van der Waals surface area contributed by atoms with Gasteiger partial charge in [-0.1, -0.05) is 22.0 Å². The number of pyridine rings is 1. The molecule has 154 valence electrons. The topological polar surface area (TPSA) is 118 Å². The van der Waals surface area contributed by atoms with Gasteiger partial charge in [-0.25, -0.2) is 0 Å². The summed E-state index contributed by atoms with van der Waals surface area (Å²) in [5, 5.41) is 11.1. The number of H-pyrrole nitrogens is 1. The molecule has 2 N–H and O–H groups in total. The van der Waals surface area contributed by atoms with Crippen LogP contribution in [0.3, 0.4) is 0 Å². The van der Waals surface area contributed by atoms with E-state index in [9.17, 15) is 19.5 Å². The standard InChI is InChI=1S/C21H17BrN2O6/c1-11(25)29-18-6-3-13(7-19(18)30-12(2)26)9-23-10-17-16-8-14(22)4-5-15(16)20(27)24-21(17)28/h3-8,10H,9H2,1-2H3,(H2,24,27,28). The zero-order valence-corrected chi connectivity index (χ0v) is 17.6. The molecule has 1 heterocycles. The summed E-state index contributed by atoms with van der Waals surface area (Å²) in [6.07, 6.45) is 1.45. The zero-order valence-electron chi connectivity index (χ0n) is 16.1. The molecule has 0 aliphatic carbocycles. The number of esters is 2. The number of nitrogens with one attached hydrogen (secondary N) is 1. The first-order chi connectivity index (χ1) is 14.2. The predicted octanol–water partition coefficient (Wildman–Crippen LogP) is 3.47. The van der Waals surface area contributed by atoms with E-state index in [1.54, 1.807) is 30.3 Å². The summed E-state index contributed by atoms with van der Waals surface area (Å²) >= 11 is 3.36. The van der Waals surface area contributed by atoms with Gasteiger partial charge in [-0.05, 0) is 35.9 Å². The van der Waals surface area contributed by atoms with Gasteiger partial charge < -0.3 is 14.6 Å². The summed E-state index contributed by atoms with van der Waals surface area (Å²) in [6.45, 7) is 2.67. The quantitative estimate of drug-likeness (QED) is 0.333. The van der Waals surface area contributed by atoms with Crippen molar-refractivity contribution in [1.82, 2.24) is 4.98 Å². The van der Waals surface area contributed by atoms with E-state index in [4.69, 9.17) is 9.47 Å². The number of benzene rings is 2. The highest BCUT2D eigenvalue weighted by Crippen LogP contribution is 2.29. The Hall–Kier alpha value is -3.46. The number of aromatic hydroxyl groups is 1. The normalized spacial score (nSPS) is 11.0. The van der Waals surface area contributed by atoms with Crippen molar-refractivity contribution in [2.24, 2.45) is 4.99 Å². The van der Waals surface area contributed by atoms with Crippen molar-refractivity contribution in [3.8, 4) is 17.4 Å². The number of fused-ring (bicyclic) bond motifs is 1. The van der Waals surface area contributed by atoms with Gasteiger partial charge in [-0.15, -0.1) is 0 Å². The molecule has 0 aliphatic heterocycles. The van der Waals surface area contributed by atoms with Gasteiger partial charge in [0.15, 0.2) is 11.5 Å². The Kier molecular flexibility index (Phi) is 6.31. The van der Waals surface area contributed by atoms with Crippen molar-refractivity contribution in [2.45, 2.75) is 20.4 Å². The van der Waals surface area contributed by atoms with Crippen LogP contribution in [0.15, 0.2) is 50.7 Å². The smallest absolute Gasteiger partial charge is 0.308 e. The molecule has 0 saturated carbocycles. The second kappa shape index (κ2) is 8.91. The fourth-order valence-corrected chi connectivity index (χ4v) is 3.17. The van der Waals surface area contributed by atoms with Gasteiger partial charge in [-0.2, -0.15) is 0 Å². The monoisotopic (exact) mass is 472 g/mol. The van der Waals surface area contributed by atoms with E-state index in [1.807, 2.05) is 0 Å². The van der Waals surface area contributed by atoms with E-state index in [0.29, 0.717) is 21.9 Å². The van der Waals surface area contributed by atoms with Crippen LogP contribution in [0.1, 0.15) is 25.0 Å². The highest BCUT2D eigenvalue weighted by atomic mass is 79.9. The summed E-state index contributed by atoms with van der Waals surface area (Å²) < 4.78 is 10.9. The number of aromatic amines is 1. The first kappa shape index (κ1) is 21.3. The number of hydrogen-bond donors (Lipinski definition) is 2. The van der Waals surface area contributed by atoms with Crippen molar-refractivity contribution >= 4 is 44.9 Å². The van der Waals surface area contributed by atoms with E-state index in [-0.39, 0.29) is 23.9 Å². The summed E-state index contributed by atoms with van der Waals surface area (Å²) in [4.78, 5) is 41.3. The van der Waals surface area contributed by atoms with Crippen molar-refractivity contribution < 1.29 is 24.2 Å². The van der Waals surface area contributed by atoms with E-state index in [1.165, 1.54) is 26.1 Å². The van der Waals surface area contributed by atoms with E-state index < -0.39 is 17.5 Å². The van der Waals surface area contributed by atoms with Gasteiger partial charge >= 0.3 is 11.9 Å². The number of rotatable bonds is 5. The van der Waals surface area contributed by atoms with Gasteiger partial charge in [0.1, 0.15) is 0 Å². The fraction of sp³-hybridized carbons (Fsp3) is 0.143. The maximum atomic E-state index is 12.0. The lowest BCUT2D eigenvalue weighted by Gasteiger charge is -2.10. The summed E-state index contributed by atoms with van der Waals surface area (Å²) in [6, 6.07) is 9.82. The van der Waals surface area contributed by atoms with Crippen LogP contribution < -0.4 is 15.0 Å². The lowest BCUT2D eigenvalue weighted by atomic mass is 10.1. The molecule has 30 heavy (non-hydrogen) atoms. The van der Waals surface area contributed by atoms with Crippen molar-refractivity contribution in [3.05, 3.63) is 62.4 Å². The van der Waals surface area contributed by atoms with Gasteiger partial charge in [0.25, 0.3) is 5.56 Å². The Balaban J connectivity index is 1.92. The molecule has 0 saturated heterocycles. The first-order valence-corrected chi connectivity index (χ1v) is 9.58. The third-order valence-corrected chi connectivity index (χ3v) is 4.51. The van der Waals surface area contributed by atoms with Crippen LogP contribution in [0.5, 0.6) is 17.4 Å². The Morgan fingerprint density at radius 1 is 1.07 bits per heavy atom. The van der Waals surface area contributed by atoms with Crippen LogP contribution in [-0.2, 0) is 16.1 Å². The lowest BCUT2D eigenvalue weighted by molar-refractivity contribution is -0.134. The maximum absolute atomic E-state index is 12.0. The van der Waals surface area contributed by atoms with Crippen LogP contribution in [-0.4, -0.2) is 28.2 Å². The van der Waals surface area contributed by atoms with Crippen LogP contribution in [0.25, 0.3) is 10.8 Å². The Morgan fingerprint density at radius 3 is 2.47 bits per heavy atom. The maximum Gasteiger partial charge on any atom is 0.308 e. The minimum Gasteiger partial charge on any atom is -0.494 e. The lowest BCUT2D eigenvalue weighted by Crippen LogP contribution is -2.08. The Labute approximate surface area is 179 Å². The number of aliphatic imine (C=N–C) groups is 1. The highest BCUT2D eigenvalue weighted by molar-refractivity contribution is 9.10. The minimum atomic E-state index is -0.556. The molecule has 0 unspecified atom stereocenters. The number of hydrogen-bond acceptors (Lipinski definition) is 7. The molecule has 0 aliphatic rings. The van der Waals surface area contributed by atoms with Gasteiger partial charge in [0.05, 0.1) is 12.1 Å². The average molecular weight is 473 g/mol.